The molecule has 2 aromatic carbocycles. The Kier molecular flexibility index (Phi) is 5.85. The lowest BCUT2D eigenvalue weighted by atomic mass is 10.1. The maximum atomic E-state index is 12.7. The molecule has 0 heterocycles. The molecule has 0 bridgehead atoms. The first-order valence-corrected chi connectivity index (χ1v) is 9.28. The highest BCUT2D eigenvalue weighted by atomic mass is 32.2. The van der Waals surface area contributed by atoms with Crippen molar-refractivity contribution >= 4 is 15.7 Å². The first-order valence-electron chi connectivity index (χ1n) is 7.80. The summed E-state index contributed by atoms with van der Waals surface area (Å²) in [6, 6.07) is 11.4. The van der Waals surface area contributed by atoms with Crippen molar-refractivity contribution < 1.29 is 13.2 Å². The van der Waals surface area contributed by atoms with E-state index in [9.17, 15) is 8.42 Å². The molecule has 0 saturated heterocycles. The van der Waals surface area contributed by atoms with Gasteiger partial charge < -0.3 is 10.1 Å². The van der Waals surface area contributed by atoms with Crippen LogP contribution in [0.4, 0.5) is 5.69 Å². The number of methoxy groups -OCH3 is 1. The molecule has 6 heteroatoms. The predicted molar refractivity (Wildman–Crippen MR) is 97.3 cm³/mol. The molecule has 0 amide bonds. The van der Waals surface area contributed by atoms with Gasteiger partial charge in [-0.25, -0.2) is 13.1 Å². The molecule has 0 aliphatic heterocycles. The lowest BCUT2D eigenvalue weighted by Crippen LogP contribution is -2.30. The van der Waals surface area contributed by atoms with Gasteiger partial charge in [0.2, 0.25) is 10.0 Å². The zero-order chi connectivity index (χ0) is 17.7. The predicted octanol–water partition coefficient (Wildman–Crippen LogP) is 3.01. The average molecular weight is 348 g/mol. The van der Waals surface area contributed by atoms with Gasteiger partial charge in [-0.05, 0) is 55.7 Å². The van der Waals surface area contributed by atoms with Gasteiger partial charge in [0.25, 0.3) is 0 Å². The number of benzene rings is 2. The maximum absolute atomic E-state index is 12.7. The molecule has 130 valence electrons. The summed E-state index contributed by atoms with van der Waals surface area (Å²) in [6.07, 6.45) is 0. The summed E-state index contributed by atoms with van der Waals surface area (Å²) in [5.41, 5.74) is 3.20. The second-order valence-corrected chi connectivity index (χ2v) is 7.37. The van der Waals surface area contributed by atoms with Crippen LogP contribution >= 0.6 is 0 Å². The summed E-state index contributed by atoms with van der Waals surface area (Å²) in [5, 5.41) is 3.18. The third kappa shape index (κ3) is 4.07. The number of rotatable bonds is 7. The first-order chi connectivity index (χ1) is 11.4. The molecule has 5 nitrogen and oxygen atoms in total. The molecule has 0 fully saturated rings. The maximum Gasteiger partial charge on any atom is 0.241 e. The van der Waals surface area contributed by atoms with E-state index in [1.165, 1.54) is 0 Å². The summed E-state index contributed by atoms with van der Waals surface area (Å²) >= 11 is 0. The van der Waals surface area contributed by atoms with Gasteiger partial charge in [-0.2, -0.15) is 0 Å². The molecule has 0 aliphatic carbocycles. The molecule has 2 N–H and O–H groups in total. The van der Waals surface area contributed by atoms with E-state index in [-0.39, 0.29) is 0 Å². The van der Waals surface area contributed by atoms with Crippen LogP contribution in [-0.2, 0) is 10.0 Å². The lowest BCUT2D eigenvalue weighted by Gasteiger charge is -2.17. The molecule has 0 aromatic heterocycles. The van der Waals surface area contributed by atoms with Gasteiger partial charge in [0.15, 0.2) is 0 Å². The molecule has 0 atom stereocenters. The summed E-state index contributed by atoms with van der Waals surface area (Å²) in [7, 11) is -1.98. The van der Waals surface area contributed by atoms with Crippen molar-refractivity contribution in [2.75, 3.05) is 25.5 Å². The number of sulfonamides is 1. The molecule has 0 unspecified atom stereocenters. The van der Waals surface area contributed by atoms with Gasteiger partial charge in [0.05, 0.1) is 12.0 Å². The first kappa shape index (κ1) is 18.3. The minimum atomic E-state index is -3.57. The largest absolute Gasteiger partial charge is 0.496 e. The Labute approximate surface area is 144 Å². The fourth-order valence-corrected chi connectivity index (χ4v) is 4.22. The van der Waals surface area contributed by atoms with E-state index in [0.29, 0.717) is 29.3 Å². The van der Waals surface area contributed by atoms with E-state index in [0.717, 1.165) is 16.8 Å². The van der Waals surface area contributed by atoms with Crippen molar-refractivity contribution in [1.82, 2.24) is 4.72 Å². The van der Waals surface area contributed by atoms with Crippen LogP contribution in [0.25, 0.3) is 0 Å². The zero-order valence-electron chi connectivity index (χ0n) is 14.5. The lowest BCUT2D eigenvalue weighted by molar-refractivity contribution is 0.410. The van der Waals surface area contributed by atoms with E-state index < -0.39 is 10.0 Å². The quantitative estimate of drug-likeness (QED) is 0.755. The number of ether oxygens (including phenoxy) is 1. The molecular formula is C18H24N2O3S. The monoisotopic (exact) mass is 348 g/mol. The van der Waals surface area contributed by atoms with Crippen LogP contribution in [0.15, 0.2) is 41.3 Å². The van der Waals surface area contributed by atoms with Crippen LogP contribution < -0.4 is 14.8 Å². The highest BCUT2D eigenvalue weighted by Gasteiger charge is 2.22. The Balaban J connectivity index is 2.09. The van der Waals surface area contributed by atoms with Crippen LogP contribution in [0.5, 0.6) is 5.75 Å². The average Bonchev–Trinajstić information content (AvgIpc) is 2.56. The number of para-hydroxylation sites is 1. The Bertz CT molecular complexity index is 803. The van der Waals surface area contributed by atoms with Crippen LogP contribution in [0, 0.1) is 20.8 Å². The third-order valence-corrected chi connectivity index (χ3v) is 5.74. The summed E-state index contributed by atoms with van der Waals surface area (Å²) in [4.78, 5) is 0.334. The number of hydrogen-bond donors (Lipinski definition) is 2. The van der Waals surface area contributed by atoms with E-state index in [1.54, 1.807) is 20.1 Å². The van der Waals surface area contributed by atoms with Gasteiger partial charge in [-0.15, -0.1) is 0 Å². The molecule has 2 rings (SSSR count). The second-order valence-electron chi connectivity index (χ2n) is 5.67. The van der Waals surface area contributed by atoms with E-state index in [2.05, 4.69) is 10.0 Å². The Hall–Kier alpha value is -2.05. The van der Waals surface area contributed by atoms with E-state index in [4.69, 9.17) is 4.74 Å². The van der Waals surface area contributed by atoms with Gasteiger partial charge in [0.1, 0.15) is 5.75 Å². The zero-order valence-corrected chi connectivity index (χ0v) is 15.3. The summed E-state index contributed by atoms with van der Waals surface area (Å²) < 4.78 is 33.3. The Morgan fingerprint density at radius 1 is 1.00 bits per heavy atom. The molecule has 0 aliphatic rings. The molecule has 24 heavy (non-hydrogen) atoms. The normalized spacial score (nSPS) is 11.3. The van der Waals surface area contributed by atoms with Gasteiger partial charge in [-0.3, -0.25) is 0 Å². The number of aryl methyl sites for hydroxylation is 1. The summed E-state index contributed by atoms with van der Waals surface area (Å²) in [5.74, 6) is 0.703. The van der Waals surface area contributed by atoms with E-state index >= 15 is 0 Å². The Morgan fingerprint density at radius 3 is 2.29 bits per heavy atom. The van der Waals surface area contributed by atoms with Crippen LogP contribution in [-0.4, -0.2) is 28.6 Å². The molecular weight excluding hydrogens is 324 g/mol. The van der Waals surface area contributed by atoms with Crippen molar-refractivity contribution in [3.63, 3.8) is 0 Å². The minimum absolute atomic E-state index is 0.307. The van der Waals surface area contributed by atoms with Gasteiger partial charge in [0, 0.05) is 18.8 Å². The van der Waals surface area contributed by atoms with Gasteiger partial charge in [-0.1, -0.05) is 18.2 Å². The highest BCUT2D eigenvalue weighted by molar-refractivity contribution is 7.89. The van der Waals surface area contributed by atoms with E-state index in [1.807, 2.05) is 44.2 Å². The molecule has 0 saturated carbocycles. The fourth-order valence-electron chi connectivity index (χ4n) is 2.67. The van der Waals surface area contributed by atoms with Gasteiger partial charge >= 0.3 is 0 Å². The molecule has 2 aromatic rings. The number of nitrogens with one attached hydrogen (secondary N) is 2. The number of anilines is 1. The summed E-state index contributed by atoms with van der Waals surface area (Å²) in [6.45, 7) is 6.27. The van der Waals surface area contributed by atoms with Crippen LogP contribution in [0.1, 0.15) is 16.7 Å². The highest BCUT2D eigenvalue weighted by Crippen LogP contribution is 2.30. The van der Waals surface area contributed by atoms with Crippen molar-refractivity contribution in [3.8, 4) is 5.75 Å². The topological polar surface area (TPSA) is 67.4 Å². The minimum Gasteiger partial charge on any atom is -0.496 e. The second kappa shape index (κ2) is 7.68. The fraction of sp³-hybridized carbons (Fsp3) is 0.333. The Morgan fingerprint density at radius 2 is 1.67 bits per heavy atom. The SMILES string of the molecule is COc1cc(C)c(S(=O)(=O)NCCNc2ccccc2)c(C)c1C. The number of hydrogen-bond acceptors (Lipinski definition) is 4. The third-order valence-electron chi connectivity index (χ3n) is 3.99. The molecule has 0 spiro atoms. The molecule has 0 radical (unpaired) electrons. The standard InChI is InChI=1S/C18H24N2O3S/c1-13-12-17(23-4)14(2)15(3)18(13)24(21,22)20-11-10-19-16-8-6-5-7-9-16/h5-9,12,19-20H,10-11H2,1-4H3. The smallest absolute Gasteiger partial charge is 0.241 e. The van der Waals surface area contributed by atoms with Crippen LogP contribution in [0.3, 0.4) is 0 Å². The van der Waals surface area contributed by atoms with Crippen molar-refractivity contribution in [2.24, 2.45) is 0 Å². The van der Waals surface area contributed by atoms with Crippen molar-refractivity contribution in [3.05, 3.63) is 53.1 Å². The van der Waals surface area contributed by atoms with Crippen LogP contribution in [0.2, 0.25) is 0 Å². The van der Waals surface area contributed by atoms with Crippen molar-refractivity contribution in [2.45, 2.75) is 25.7 Å². The van der Waals surface area contributed by atoms with Crippen molar-refractivity contribution in [1.29, 1.82) is 0 Å².